The number of hydrogen-bond donors (Lipinski definition) is 1. The molecule has 4 nitrogen and oxygen atoms in total. The largest absolute Gasteiger partial charge is 0.299 e. The molecule has 1 atom stereocenters. The summed E-state index contributed by atoms with van der Waals surface area (Å²) in [5.41, 5.74) is 4.68. The van der Waals surface area contributed by atoms with Crippen molar-refractivity contribution in [2.45, 2.75) is 51.7 Å². The molecule has 3 rings (SSSR count). The molecule has 0 spiro atoms. The van der Waals surface area contributed by atoms with E-state index < -0.39 is 10.0 Å². The number of rotatable bonds is 6. The first-order valence-corrected chi connectivity index (χ1v) is 11.2. The third-order valence-electron chi connectivity index (χ3n) is 5.16. The molecule has 1 N–H and O–H groups in total. The smallest absolute Gasteiger partial charge is 0.236 e. The summed E-state index contributed by atoms with van der Waals surface area (Å²) < 4.78 is 27.7. The fourth-order valence-electron chi connectivity index (χ4n) is 3.69. The van der Waals surface area contributed by atoms with Crippen molar-refractivity contribution in [1.82, 2.24) is 0 Å². The Hall–Kier alpha value is -2.14. The number of sulfonamides is 1. The van der Waals surface area contributed by atoms with Crippen molar-refractivity contribution in [3.63, 3.8) is 0 Å². The number of fused-ring (bicyclic) bond motifs is 1. The van der Waals surface area contributed by atoms with Gasteiger partial charge in [0.25, 0.3) is 0 Å². The summed E-state index contributed by atoms with van der Waals surface area (Å²) in [7, 11) is -3.48. The standard InChI is InChI=1S/C22H27NO3S/c1-3-4-20-13-18-9-11-21(14-19(18)10-12-22(20)24)23-27(25,26)15-17-7-5-16(2)6-8-17/h5-9,11,14,20,23H,3-4,10,12-13,15H2,1-2H3. The van der Waals surface area contributed by atoms with Gasteiger partial charge in [-0.1, -0.05) is 49.2 Å². The van der Waals surface area contributed by atoms with Crippen molar-refractivity contribution in [2.24, 2.45) is 5.92 Å². The molecule has 0 aliphatic heterocycles. The van der Waals surface area contributed by atoms with Crippen LogP contribution >= 0.6 is 0 Å². The lowest BCUT2D eigenvalue weighted by Gasteiger charge is -2.14. The van der Waals surface area contributed by atoms with Gasteiger partial charge >= 0.3 is 0 Å². The van der Waals surface area contributed by atoms with Gasteiger partial charge in [0, 0.05) is 18.0 Å². The Bertz CT molecular complexity index is 917. The third-order valence-corrected chi connectivity index (χ3v) is 6.42. The Morgan fingerprint density at radius 2 is 1.78 bits per heavy atom. The van der Waals surface area contributed by atoms with Gasteiger partial charge in [0.2, 0.25) is 10.0 Å². The second-order valence-electron chi connectivity index (χ2n) is 7.49. The Morgan fingerprint density at radius 1 is 1.04 bits per heavy atom. The zero-order chi connectivity index (χ0) is 19.4. The second kappa shape index (κ2) is 8.26. The summed E-state index contributed by atoms with van der Waals surface area (Å²) in [5.74, 6) is 0.372. The Kier molecular flexibility index (Phi) is 6.00. The number of ketones is 1. The Morgan fingerprint density at radius 3 is 2.48 bits per heavy atom. The number of anilines is 1. The maximum absolute atomic E-state index is 12.5. The van der Waals surface area contributed by atoms with Crippen molar-refractivity contribution < 1.29 is 13.2 Å². The number of aryl methyl sites for hydroxylation is 2. The van der Waals surface area contributed by atoms with E-state index in [4.69, 9.17) is 0 Å². The van der Waals surface area contributed by atoms with Gasteiger partial charge in [-0.25, -0.2) is 8.42 Å². The second-order valence-corrected chi connectivity index (χ2v) is 9.21. The first-order valence-electron chi connectivity index (χ1n) is 9.57. The Labute approximate surface area is 162 Å². The van der Waals surface area contributed by atoms with E-state index in [1.54, 1.807) is 0 Å². The van der Waals surface area contributed by atoms with Crippen molar-refractivity contribution in [1.29, 1.82) is 0 Å². The molecule has 0 radical (unpaired) electrons. The lowest BCUT2D eigenvalue weighted by molar-refractivity contribution is -0.122. The van der Waals surface area contributed by atoms with Crippen molar-refractivity contribution in [2.75, 3.05) is 4.72 Å². The van der Waals surface area contributed by atoms with Gasteiger partial charge in [0.05, 0.1) is 5.75 Å². The summed E-state index contributed by atoms with van der Waals surface area (Å²) in [6.45, 7) is 4.08. The lowest BCUT2D eigenvalue weighted by Crippen LogP contribution is -2.15. The van der Waals surface area contributed by atoms with Crippen molar-refractivity contribution in [3.05, 3.63) is 64.7 Å². The zero-order valence-corrected chi connectivity index (χ0v) is 16.8. The maximum atomic E-state index is 12.5. The fraction of sp³-hybridized carbons (Fsp3) is 0.409. The highest BCUT2D eigenvalue weighted by Crippen LogP contribution is 2.28. The van der Waals surface area contributed by atoms with Crippen LogP contribution in [-0.2, 0) is 33.4 Å². The number of hydrogen-bond acceptors (Lipinski definition) is 3. The first kappa shape index (κ1) is 19.6. The van der Waals surface area contributed by atoms with Crippen LogP contribution in [0.1, 0.15) is 48.4 Å². The molecule has 27 heavy (non-hydrogen) atoms. The van der Waals surface area contributed by atoms with E-state index in [1.165, 1.54) is 5.56 Å². The van der Waals surface area contributed by atoms with Gasteiger partial charge < -0.3 is 0 Å². The minimum atomic E-state index is -3.48. The number of Topliss-reactive ketones (excluding diaryl/α,β-unsaturated/α-hetero) is 1. The normalized spacial score (nSPS) is 17.3. The van der Waals surface area contributed by atoms with Crippen LogP contribution in [0.3, 0.4) is 0 Å². The molecule has 1 aliphatic carbocycles. The highest BCUT2D eigenvalue weighted by atomic mass is 32.2. The number of carbonyl (C=O) groups is 1. The molecule has 0 bridgehead atoms. The van der Waals surface area contributed by atoms with Crippen LogP contribution in [0.2, 0.25) is 0 Å². The van der Waals surface area contributed by atoms with Crippen LogP contribution in [0.25, 0.3) is 0 Å². The van der Waals surface area contributed by atoms with Gasteiger partial charge in [-0.2, -0.15) is 0 Å². The van der Waals surface area contributed by atoms with Crippen molar-refractivity contribution in [3.8, 4) is 0 Å². The summed E-state index contributed by atoms with van der Waals surface area (Å²) in [5, 5.41) is 0. The van der Waals surface area contributed by atoms with E-state index in [-0.39, 0.29) is 11.7 Å². The molecular weight excluding hydrogens is 358 g/mol. The maximum Gasteiger partial charge on any atom is 0.236 e. The van der Waals surface area contributed by atoms with Crippen LogP contribution < -0.4 is 4.72 Å². The van der Waals surface area contributed by atoms with E-state index in [0.29, 0.717) is 24.3 Å². The van der Waals surface area contributed by atoms with E-state index in [9.17, 15) is 13.2 Å². The monoisotopic (exact) mass is 385 g/mol. The lowest BCUT2D eigenvalue weighted by atomic mass is 9.92. The highest BCUT2D eigenvalue weighted by Gasteiger charge is 2.23. The van der Waals surface area contributed by atoms with Crippen LogP contribution in [0.4, 0.5) is 5.69 Å². The minimum absolute atomic E-state index is 0.0541. The zero-order valence-electron chi connectivity index (χ0n) is 16.0. The average Bonchev–Trinajstić information content (AvgIpc) is 2.76. The fourth-order valence-corrected chi connectivity index (χ4v) is 4.88. The van der Waals surface area contributed by atoms with E-state index in [2.05, 4.69) is 11.6 Å². The molecule has 0 saturated heterocycles. The van der Waals surface area contributed by atoms with E-state index in [1.807, 2.05) is 49.4 Å². The average molecular weight is 386 g/mol. The van der Waals surface area contributed by atoms with Crippen molar-refractivity contribution >= 4 is 21.5 Å². The molecule has 0 aromatic heterocycles. The number of benzene rings is 2. The quantitative estimate of drug-likeness (QED) is 0.749. The van der Waals surface area contributed by atoms with Gasteiger partial charge in [-0.05, 0) is 55.0 Å². The predicted molar refractivity (Wildman–Crippen MR) is 109 cm³/mol. The van der Waals surface area contributed by atoms with Gasteiger partial charge in [-0.15, -0.1) is 0 Å². The molecule has 0 fully saturated rings. The molecule has 2 aromatic rings. The predicted octanol–water partition coefficient (Wildman–Crippen LogP) is 4.41. The molecule has 0 saturated carbocycles. The van der Waals surface area contributed by atoms with E-state index >= 15 is 0 Å². The first-order chi connectivity index (χ1) is 12.9. The number of carbonyl (C=O) groups excluding carboxylic acids is 1. The van der Waals surface area contributed by atoms with Gasteiger partial charge in [0.1, 0.15) is 5.78 Å². The van der Waals surface area contributed by atoms with Crippen LogP contribution in [0, 0.1) is 12.8 Å². The number of nitrogens with one attached hydrogen (secondary N) is 1. The Balaban J connectivity index is 1.75. The molecule has 0 amide bonds. The van der Waals surface area contributed by atoms with Gasteiger partial charge in [-0.3, -0.25) is 9.52 Å². The van der Waals surface area contributed by atoms with E-state index in [0.717, 1.165) is 36.0 Å². The van der Waals surface area contributed by atoms with Gasteiger partial charge in [0.15, 0.2) is 0 Å². The minimum Gasteiger partial charge on any atom is -0.299 e. The molecular formula is C22H27NO3S. The summed E-state index contributed by atoms with van der Waals surface area (Å²) in [6, 6.07) is 13.2. The molecule has 144 valence electrons. The molecule has 2 aromatic carbocycles. The molecule has 5 heteroatoms. The van der Waals surface area contributed by atoms with Crippen LogP contribution in [0.5, 0.6) is 0 Å². The molecule has 1 unspecified atom stereocenters. The highest BCUT2D eigenvalue weighted by molar-refractivity contribution is 7.91. The summed E-state index contributed by atoms with van der Waals surface area (Å²) in [4.78, 5) is 12.3. The van der Waals surface area contributed by atoms with Crippen LogP contribution in [0.15, 0.2) is 42.5 Å². The van der Waals surface area contributed by atoms with Crippen LogP contribution in [-0.4, -0.2) is 14.2 Å². The SMILES string of the molecule is CCCC1Cc2ccc(NS(=O)(=O)Cc3ccc(C)cc3)cc2CCC1=O. The third kappa shape index (κ3) is 5.19. The topological polar surface area (TPSA) is 63.2 Å². The molecule has 0 heterocycles. The summed E-state index contributed by atoms with van der Waals surface area (Å²) >= 11 is 0. The summed E-state index contributed by atoms with van der Waals surface area (Å²) in [6.07, 6.45) is 3.91. The molecule has 1 aliphatic rings.